The Kier molecular flexibility index (Phi) is 4.40. The molecule has 0 radical (unpaired) electrons. The van der Waals surface area contributed by atoms with Gasteiger partial charge < -0.3 is 10.2 Å². The van der Waals surface area contributed by atoms with Gasteiger partial charge in [-0.15, -0.1) is 5.73 Å². The lowest BCUT2D eigenvalue weighted by molar-refractivity contribution is 0.410. The number of aromatic hydroxyl groups is 2. The van der Waals surface area contributed by atoms with E-state index in [1.54, 1.807) is 0 Å². The zero-order chi connectivity index (χ0) is 19.0. The molecule has 0 amide bonds. The summed E-state index contributed by atoms with van der Waals surface area (Å²) in [7, 11) is 5.07. The number of aromatic nitrogens is 4. The van der Waals surface area contributed by atoms with Crippen molar-refractivity contribution >= 4 is 12.2 Å². The van der Waals surface area contributed by atoms with E-state index in [4.69, 9.17) is 0 Å². The van der Waals surface area contributed by atoms with Crippen LogP contribution < -0.4 is 22.5 Å². The predicted octanol–water partition coefficient (Wildman–Crippen LogP) is -1.78. The second-order valence-corrected chi connectivity index (χ2v) is 5.34. The van der Waals surface area contributed by atoms with Crippen LogP contribution in [0.1, 0.15) is 11.1 Å². The second-order valence-electron chi connectivity index (χ2n) is 5.34. The molecule has 132 valence electrons. The van der Waals surface area contributed by atoms with Crippen molar-refractivity contribution in [2.75, 3.05) is 0 Å². The molecule has 0 bridgehead atoms. The van der Waals surface area contributed by atoms with Gasteiger partial charge >= 0.3 is 11.4 Å². The highest BCUT2D eigenvalue weighted by Gasteiger charge is 2.13. The first-order chi connectivity index (χ1) is 11.6. The van der Waals surface area contributed by atoms with Gasteiger partial charge in [-0.3, -0.25) is 27.9 Å². The van der Waals surface area contributed by atoms with Gasteiger partial charge in [0.15, 0.2) is 0 Å². The molecule has 2 aromatic rings. The summed E-state index contributed by atoms with van der Waals surface area (Å²) in [6, 6.07) is 0. The summed E-state index contributed by atoms with van der Waals surface area (Å²) >= 11 is 0. The molecule has 10 heteroatoms. The summed E-state index contributed by atoms with van der Waals surface area (Å²) in [6.07, 6.45) is 2.14. The van der Waals surface area contributed by atoms with Gasteiger partial charge in [-0.05, 0) is 12.2 Å². The lowest BCUT2D eigenvalue weighted by atomic mass is 10.2. The first-order valence-corrected chi connectivity index (χ1v) is 7.00. The Morgan fingerprint density at radius 2 is 1.00 bits per heavy atom. The summed E-state index contributed by atoms with van der Waals surface area (Å²) in [5, 5.41) is 19.8. The van der Waals surface area contributed by atoms with Gasteiger partial charge in [-0.2, -0.15) is 0 Å². The highest BCUT2D eigenvalue weighted by atomic mass is 16.3. The average molecular weight is 348 g/mol. The molecule has 2 heterocycles. The van der Waals surface area contributed by atoms with Crippen molar-refractivity contribution in [2.24, 2.45) is 28.2 Å². The second kappa shape index (κ2) is 6.17. The zero-order valence-electron chi connectivity index (χ0n) is 14.0. The minimum absolute atomic E-state index is 0.220. The van der Waals surface area contributed by atoms with E-state index in [9.17, 15) is 29.4 Å². The Labute approximate surface area is 140 Å². The van der Waals surface area contributed by atoms with Crippen molar-refractivity contribution in [3.05, 3.63) is 58.5 Å². The van der Waals surface area contributed by atoms with Crippen LogP contribution in [0.25, 0.3) is 12.2 Å². The molecule has 0 fully saturated rings. The Balaban J connectivity index is 2.72. The van der Waals surface area contributed by atoms with Gasteiger partial charge in [0, 0.05) is 28.2 Å². The van der Waals surface area contributed by atoms with Crippen LogP contribution in [-0.4, -0.2) is 28.5 Å². The molecule has 0 aromatic carbocycles. The van der Waals surface area contributed by atoms with Crippen molar-refractivity contribution in [3.63, 3.8) is 0 Å². The zero-order valence-corrected chi connectivity index (χ0v) is 14.0. The predicted molar refractivity (Wildman–Crippen MR) is 89.6 cm³/mol. The fourth-order valence-corrected chi connectivity index (χ4v) is 2.18. The molecule has 2 aromatic heterocycles. The molecule has 0 atom stereocenters. The number of hydrogen-bond acceptors (Lipinski definition) is 6. The van der Waals surface area contributed by atoms with E-state index in [1.807, 2.05) is 0 Å². The maximum atomic E-state index is 12.0. The first-order valence-electron chi connectivity index (χ1n) is 7.00. The molecule has 0 aliphatic carbocycles. The number of hydrogen-bond donors (Lipinski definition) is 2. The average Bonchev–Trinajstić information content (AvgIpc) is 2.60. The van der Waals surface area contributed by atoms with Crippen molar-refractivity contribution < 1.29 is 10.2 Å². The number of rotatable bonds is 2. The lowest BCUT2D eigenvalue weighted by Gasteiger charge is -2.07. The van der Waals surface area contributed by atoms with E-state index < -0.39 is 34.3 Å². The molecular weight excluding hydrogens is 332 g/mol. The maximum absolute atomic E-state index is 12.0. The van der Waals surface area contributed by atoms with E-state index in [2.05, 4.69) is 5.73 Å². The van der Waals surface area contributed by atoms with Crippen LogP contribution in [0.4, 0.5) is 0 Å². The summed E-state index contributed by atoms with van der Waals surface area (Å²) in [5.74, 6) is -1.13. The molecule has 0 saturated heterocycles. The van der Waals surface area contributed by atoms with E-state index in [0.717, 1.165) is 30.4 Å². The van der Waals surface area contributed by atoms with Gasteiger partial charge in [0.25, 0.3) is 11.1 Å². The van der Waals surface area contributed by atoms with Crippen LogP contribution >= 0.6 is 0 Å². The quantitative estimate of drug-likeness (QED) is 0.617. The number of nitrogens with zero attached hydrogens (tertiary/aromatic N) is 4. The molecule has 0 aliphatic heterocycles. The fraction of sp³-hybridized carbons (Fsp3) is 0.267. The van der Waals surface area contributed by atoms with Gasteiger partial charge in [-0.1, -0.05) is 0 Å². The van der Waals surface area contributed by atoms with E-state index in [0.29, 0.717) is 0 Å². The Hall–Kier alpha value is -3.52. The van der Waals surface area contributed by atoms with Gasteiger partial charge in [0.2, 0.25) is 11.8 Å². The molecule has 2 rings (SSSR count). The Bertz CT molecular complexity index is 1080. The minimum atomic E-state index is -0.751. The van der Waals surface area contributed by atoms with Crippen molar-refractivity contribution in [3.8, 4) is 11.8 Å². The van der Waals surface area contributed by atoms with Crippen LogP contribution in [0.15, 0.2) is 24.9 Å². The van der Waals surface area contributed by atoms with Crippen molar-refractivity contribution in [1.82, 2.24) is 18.3 Å². The SMILES string of the molecule is Cn1c(O)c(C=C=Cc2c(O)n(C)c(=O)n(C)c2=O)c(=O)n(C)c1=O. The molecule has 0 unspecified atom stereocenters. The first kappa shape index (κ1) is 17.8. The Morgan fingerprint density at radius 1 is 0.680 bits per heavy atom. The fourth-order valence-electron chi connectivity index (χ4n) is 2.18. The standard InChI is InChI=1S/C15H16N4O6/c1-16-10(20)8(11(21)17(2)14(16)24)6-5-7-9-12(22)18(3)15(25)19(4)13(9)23/h6-7,20,22H,1-4H3. The monoisotopic (exact) mass is 348 g/mol. The van der Waals surface area contributed by atoms with Crippen molar-refractivity contribution in [1.29, 1.82) is 0 Å². The molecule has 2 N–H and O–H groups in total. The van der Waals surface area contributed by atoms with E-state index >= 15 is 0 Å². The molecular formula is C15H16N4O6. The smallest absolute Gasteiger partial charge is 0.333 e. The molecule has 10 nitrogen and oxygen atoms in total. The normalized spacial score (nSPS) is 10.4. The summed E-state index contributed by atoms with van der Waals surface area (Å²) < 4.78 is 3.35. The Morgan fingerprint density at radius 3 is 1.32 bits per heavy atom. The largest absolute Gasteiger partial charge is 0.494 e. The lowest BCUT2D eigenvalue weighted by Crippen LogP contribution is -2.38. The van der Waals surface area contributed by atoms with Crippen LogP contribution in [-0.2, 0) is 28.2 Å². The third-order valence-corrected chi connectivity index (χ3v) is 3.79. The van der Waals surface area contributed by atoms with Crippen LogP contribution in [0.2, 0.25) is 0 Å². The topological polar surface area (TPSA) is 128 Å². The summed E-state index contributed by atoms with van der Waals surface area (Å²) in [5.41, 5.74) is -0.842. The van der Waals surface area contributed by atoms with Crippen molar-refractivity contribution in [2.45, 2.75) is 0 Å². The van der Waals surface area contributed by atoms with Crippen LogP contribution in [0, 0.1) is 0 Å². The molecule has 25 heavy (non-hydrogen) atoms. The molecule has 0 saturated carbocycles. The summed E-state index contributed by atoms with van der Waals surface area (Å²) in [4.78, 5) is 47.4. The van der Waals surface area contributed by atoms with Gasteiger partial charge in [-0.25, -0.2) is 9.59 Å². The van der Waals surface area contributed by atoms with Gasteiger partial charge in [0.1, 0.15) is 11.1 Å². The van der Waals surface area contributed by atoms with Gasteiger partial charge in [0.05, 0.1) is 0 Å². The highest BCUT2D eigenvalue weighted by molar-refractivity contribution is 5.61. The third-order valence-electron chi connectivity index (χ3n) is 3.79. The van der Waals surface area contributed by atoms with Crippen LogP contribution in [0.5, 0.6) is 11.8 Å². The molecule has 0 spiro atoms. The summed E-state index contributed by atoms with van der Waals surface area (Å²) in [6.45, 7) is 0. The van der Waals surface area contributed by atoms with E-state index in [-0.39, 0.29) is 11.1 Å². The minimum Gasteiger partial charge on any atom is -0.494 e. The van der Waals surface area contributed by atoms with E-state index in [1.165, 1.54) is 28.2 Å². The molecule has 0 aliphatic rings. The van der Waals surface area contributed by atoms with Crippen LogP contribution in [0.3, 0.4) is 0 Å². The maximum Gasteiger partial charge on any atom is 0.333 e. The third kappa shape index (κ3) is 2.74. The highest BCUT2D eigenvalue weighted by Crippen LogP contribution is 2.12.